The molecular weight excluding hydrogens is 470 g/mol. The molecule has 0 amide bonds. The first-order valence-electron chi connectivity index (χ1n) is 14.0. The Kier molecular flexibility index (Phi) is 18.0. The highest BCUT2D eigenvalue weighted by Gasteiger charge is 2.05. The van der Waals surface area contributed by atoms with Gasteiger partial charge in [-0.05, 0) is 31.0 Å². The molecule has 1 aromatic heterocycles. The van der Waals surface area contributed by atoms with Crippen LogP contribution < -0.4 is 4.57 Å². The zero-order valence-corrected chi connectivity index (χ0v) is 23.5. The number of nitrogens with zero attached hydrogens (tertiary/aromatic N) is 1. The number of benzene rings is 1. The normalized spacial score (nSPS) is 11.2. The van der Waals surface area contributed by atoms with E-state index in [1.54, 1.807) is 0 Å². The van der Waals surface area contributed by atoms with E-state index in [9.17, 15) is 13.0 Å². The summed E-state index contributed by atoms with van der Waals surface area (Å²) in [7, 11) is -4.47. The molecule has 0 aliphatic rings. The van der Waals surface area contributed by atoms with Gasteiger partial charge in [-0.3, -0.25) is 0 Å². The van der Waals surface area contributed by atoms with Crippen LogP contribution in [0.4, 0.5) is 0 Å². The molecule has 2 rings (SSSR count). The second kappa shape index (κ2) is 20.2. The van der Waals surface area contributed by atoms with Crippen LogP contribution in [-0.4, -0.2) is 18.1 Å². The summed E-state index contributed by atoms with van der Waals surface area (Å²) in [6, 6.07) is 9.96. The number of hydrogen-bond donors (Lipinski definition) is 1. The van der Waals surface area contributed by atoms with Crippen molar-refractivity contribution in [2.75, 3.05) is 0 Å². The van der Waals surface area contributed by atoms with Gasteiger partial charge in [0.15, 0.2) is 12.4 Å². The molecule has 1 aromatic carbocycles. The average molecular weight is 520 g/mol. The fraction of sp³-hybridized carbons (Fsp3) is 0.633. The lowest BCUT2D eigenvalue weighted by molar-refractivity contribution is -0.697. The van der Waals surface area contributed by atoms with Crippen LogP contribution >= 0.6 is 0 Å². The molecule has 0 radical (unpaired) electrons. The largest absolute Gasteiger partial charge is 0.744 e. The average Bonchev–Trinajstić information content (AvgIpc) is 2.85. The fourth-order valence-corrected chi connectivity index (χ4v) is 5.01. The van der Waals surface area contributed by atoms with Crippen molar-refractivity contribution in [3.63, 3.8) is 0 Å². The summed E-state index contributed by atoms with van der Waals surface area (Å²) in [5, 5.41) is 8.90. The van der Waals surface area contributed by atoms with Gasteiger partial charge in [0.05, 0.1) is 4.90 Å². The van der Waals surface area contributed by atoms with Crippen LogP contribution in [0.2, 0.25) is 0 Å². The number of hydrogen-bond acceptors (Lipinski definition) is 4. The summed E-state index contributed by atoms with van der Waals surface area (Å²) in [6.45, 7) is 4.97. The molecule has 0 bridgehead atoms. The lowest BCUT2D eigenvalue weighted by atomic mass is 10.0. The van der Waals surface area contributed by atoms with Crippen LogP contribution in [0.1, 0.15) is 115 Å². The minimum Gasteiger partial charge on any atom is -0.744 e. The van der Waals surface area contributed by atoms with Gasteiger partial charge < -0.3 is 9.66 Å². The molecule has 204 valence electrons. The molecule has 1 heterocycles. The molecule has 0 aliphatic heterocycles. The molecule has 0 spiro atoms. The number of pyridine rings is 1. The molecule has 0 aliphatic carbocycles. The van der Waals surface area contributed by atoms with E-state index in [0.29, 0.717) is 5.56 Å². The van der Waals surface area contributed by atoms with Gasteiger partial charge in [-0.1, -0.05) is 109 Å². The summed E-state index contributed by atoms with van der Waals surface area (Å²) in [5.41, 5.74) is 0.336. The van der Waals surface area contributed by atoms with E-state index in [4.69, 9.17) is 5.11 Å². The van der Waals surface area contributed by atoms with Gasteiger partial charge in [0, 0.05) is 18.6 Å². The summed E-state index contributed by atoms with van der Waals surface area (Å²) >= 11 is 0. The third kappa shape index (κ3) is 16.7. The first-order valence-corrected chi connectivity index (χ1v) is 15.4. The van der Waals surface area contributed by atoms with E-state index in [1.165, 1.54) is 128 Å². The highest BCUT2D eigenvalue weighted by Crippen LogP contribution is 2.20. The molecule has 36 heavy (non-hydrogen) atoms. The van der Waals surface area contributed by atoms with Gasteiger partial charge >= 0.3 is 0 Å². The predicted octanol–water partition coefficient (Wildman–Crippen LogP) is 7.84. The third-order valence-electron chi connectivity index (χ3n) is 6.49. The fourth-order valence-electron chi connectivity index (χ4n) is 4.28. The van der Waals surface area contributed by atoms with E-state index < -0.39 is 10.1 Å². The highest BCUT2D eigenvalue weighted by molar-refractivity contribution is 7.85. The maximum Gasteiger partial charge on any atom is 0.168 e. The zero-order valence-electron chi connectivity index (χ0n) is 22.7. The standard InChI is InChI=1S/C23H42N.C7H8O4S/c1-2-3-4-5-6-7-8-9-10-11-12-13-14-15-16-18-21-24-22-19-17-20-23-24;1-5-2-3-6(8)4-7(5)12(9,10)11/h17,19-20,22-23H,2-16,18,21H2,1H3;2-4,8H,1H3,(H,9,10,11)/q+1;/p-1. The van der Waals surface area contributed by atoms with Crippen LogP contribution in [0.3, 0.4) is 0 Å². The number of phenols is 1. The second-order valence-electron chi connectivity index (χ2n) is 9.82. The first kappa shape index (κ1) is 32.1. The van der Waals surface area contributed by atoms with Crippen LogP contribution in [-0.2, 0) is 16.7 Å². The molecule has 6 heteroatoms. The summed E-state index contributed by atoms with van der Waals surface area (Å²) in [6.07, 6.45) is 27.4. The smallest absolute Gasteiger partial charge is 0.168 e. The maximum absolute atomic E-state index is 10.5. The Morgan fingerprint density at radius 3 is 1.58 bits per heavy atom. The molecular formula is C30H49NO4S. The number of aryl methyl sites for hydroxylation is 2. The van der Waals surface area contributed by atoms with Gasteiger partial charge in [0.2, 0.25) is 0 Å². The Hall–Kier alpha value is -1.92. The molecule has 2 aromatic rings. The molecule has 0 fully saturated rings. The van der Waals surface area contributed by atoms with E-state index >= 15 is 0 Å². The first-order chi connectivity index (χ1) is 17.3. The number of unbranched alkanes of at least 4 members (excludes halogenated alkanes) is 15. The molecule has 0 saturated carbocycles. The lowest BCUT2D eigenvalue weighted by Crippen LogP contribution is -2.32. The minimum atomic E-state index is -4.47. The van der Waals surface area contributed by atoms with Gasteiger partial charge in [-0.15, -0.1) is 0 Å². The molecule has 5 nitrogen and oxygen atoms in total. The van der Waals surface area contributed by atoms with Crippen molar-refractivity contribution in [2.45, 2.75) is 128 Å². The summed E-state index contributed by atoms with van der Waals surface area (Å²) < 4.78 is 33.9. The van der Waals surface area contributed by atoms with Gasteiger partial charge in [0.1, 0.15) is 22.4 Å². The van der Waals surface area contributed by atoms with Crippen molar-refractivity contribution < 1.29 is 22.6 Å². The Labute approximate surface area is 220 Å². The highest BCUT2D eigenvalue weighted by atomic mass is 32.2. The maximum atomic E-state index is 10.5. The number of aromatic nitrogens is 1. The van der Waals surface area contributed by atoms with Crippen LogP contribution in [0.25, 0.3) is 0 Å². The Morgan fingerprint density at radius 2 is 1.17 bits per heavy atom. The van der Waals surface area contributed by atoms with E-state index in [2.05, 4.69) is 42.1 Å². The Bertz CT molecular complexity index is 900. The molecule has 1 N–H and O–H groups in total. The van der Waals surface area contributed by atoms with Crippen LogP contribution in [0, 0.1) is 6.92 Å². The van der Waals surface area contributed by atoms with Crippen molar-refractivity contribution >= 4 is 10.1 Å². The number of aromatic hydroxyl groups is 1. The SMILES string of the molecule is CCCCCCCCCCCCCCCCCC[n+]1ccccc1.Cc1ccc(O)cc1S(=O)(=O)[O-]. The van der Waals surface area contributed by atoms with Crippen molar-refractivity contribution in [2.24, 2.45) is 0 Å². The predicted molar refractivity (Wildman–Crippen MR) is 147 cm³/mol. The van der Waals surface area contributed by atoms with Gasteiger partial charge in [-0.25, -0.2) is 13.0 Å². The minimum absolute atomic E-state index is 0.227. The van der Waals surface area contributed by atoms with Crippen LogP contribution in [0.15, 0.2) is 53.7 Å². The third-order valence-corrected chi connectivity index (χ3v) is 7.47. The lowest BCUT2D eigenvalue weighted by Gasteiger charge is -2.09. The molecule has 0 atom stereocenters. The Morgan fingerprint density at radius 1 is 0.722 bits per heavy atom. The van der Waals surface area contributed by atoms with Gasteiger partial charge in [-0.2, -0.15) is 0 Å². The van der Waals surface area contributed by atoms with E-state index in [-0.39, 0.29) is 10.6 Å². The second-order valence-corrected chi connectivity index (χ2v) is 11.2. The van der Waals surface area contributed by atoms with Crippen molar-refractivity contribution in [3.05, 3.63) is 54.4 Å². The van der Waals surface area contributed by atoms with Crippen LogP contribution in [0.5, 0.6) is 5.75 Å². The van der Waals surface area contributed by atoms with Crippen molar-refractivity contribution in [3.8, 4) is 5.75 Å². The molecule has 0 saturated heterocycles. The topological polar surface area (TPSA) is 81.3 Å². The van der Waals surface area contributed by atoms with Crippen molar-refractivity contribution in [1.82, 2.24) is 0 Å². The van der Waals surface area contributed by atoms with E-state index in [0.717, 1.165) is 6.07 Å². The van der Waals surface area contributed by atoms with Crippen molar-refractivity contribution in [1.29, 1.82) is 0 Å². The van der Waals surface area contributed by atoms with Gasteiger partial charge in [0.25, 0.3) is 0 Å². The summed E-state index contributed by atoms with van der Waals surface area (Å²) in [5.74, 6) is -0.227. The number of phenolic OH excluding ortho intramolecular Hbond substituents is 1. The van der Waals surface area contributed by atoms with E-state index in [1.807, 2.05) is 0 Å². The summed E-state index contributed by atoms with van der Waals surface area (Å²) in [4.78, 5) is -0.373. The zero-order chi connectivity index (χ0) is 26.5. The number of rotatable bonds is 18. The molecule has 0 unspecified atom stereocenters. The quantitative estimate of drug-likeness (QED) is 0.124. The Balaban J connectivity index is 0.000000450. The monoisotopic (exact) mass is 519 g/mol.